The van der Waals surface area contributed by atoms with Crippen molar-refractivity contribution in [2.24, 2.45) is 0 Å². The molecule has 0 aliphatic heterocycles. The van der Waals surface area contributed by atoms with Gasteiger partial charge >= 0.3 is 0 Å². The third-order valence-corrected chi connectivity index (χ3v) is 2.91. The maximum Gasteiger partial charge on any atom is 0.177 e. The Morgan fingerprint density at radius 2 is 2.17 bits per heavy atom. The molecule has 0 aliphatic carbocycles. The van der Waals surface area contributed by atoms with Crippen LogP contribution in [0.15, 0.2) is 12.1 Å². The molecule has 0 radical (unpaired) electrons. The first-order valence-electron chi connectivity index (χ1n) is 5.70. The summed E-state index contributed by atoms with van der Waals surface area (Å²) in [6.45, 7) is 3.87. The van der Waals surface area contributed by atoms with Gasteiger partial charge in [0.25, 0.3) is 0 Å². The van der Waals surface area contributed by atoms with E-state index in [1.165, 1.54) is 4.68 Å². The number of halogens is 1. The van der Waals surface area contributed by atoms with Crippen molar-refractivity contribution in [3.63, 3.8) is 0 Å². The highest BCUT2D eigenvalue weighted by atomic mass is 35.5. The third-order valence-electron chi connectivity index (χ3n) is 2.55. The smallest absolute Gasteiger partial charge is 0.177 e. The van der Waals surface area contributed by atoms with Crippen LogP contribution in [-0.2, 0) is 6.42 Å². The van der Waals surface area contributed by atoms with Crippen molar-refractivity contribution in [2.75, 3.05) is 0 Å². The Morgan fingerprint density at radius 3 is 2.72 bits per heavy atom. The van der Waals surface area contributed by atoms with Gasteiger partial charge in [0.05, 0.1) is 17.0 Å². The van der Waals surface area contributed by atoms with Crippen molar-refractivity contribution >= 4 is 17.9 Å². The largest absolute Gasteiger partial charge is 0.298 e. The van der Waals surface area contributed by atoms with Crippen LogP contribution < -0.4 is 0 Å². The fraction of sp³-hybridized carbons (Fsp3) is 0.333. The van der Waals surface area contributed by atoms with E-state index in [-0.39, 0.29) is 5.15 Å². The van der Waals surface area contributed by atoms with Gasteiger partial charge in [-0.1, -0.05) is 24.9 Å². The molecule has 0 atom stereocenters. The normalized spacial score (nSPS) is 10.6. The minimum absolute atomic E-state index is 0.284. The molecule has 18 heavy (non-hydrogen) atoms. The molecule has 0 unspecified atom stereocenters. The van der Waals surface area contributed by atoms with E-state index < -0.39 is 0 Å². The fourth-order valence-electron chi connectivity index (χ4n) is 1.65. The molecule has 6 heteroatoms. The van der Waals surface area contributed by atoms with Crippen LogP contribution in [0.1, 0.15) is 35.1 Å². The molecule has 0 saturated carbocycles. The van der Waals surface area contributed by atoms with E-state index in [1.807, 2.05) is 19.9 Å². The highest BCUT2D eigenvalue weighted by Crippen LogP contribution is 2.22. The summed E-state index contributed by atoms with van der Waals surface area (Å²) in [5.74, 6) is 0.510. The Morgan fingerprint density at radius 1 is 1.39 bits per heavy atom. The summed E-state index contributed by atoms with van der Waals surface area (Å²) in [6, 6.07) is 3.59. The number of rotatable bonds is 4. The molecule has 5 nitrogen and oxygen atoms in total. The van der Waals surface area contributed by atoms with E-state index in [0.717, 1.165) is 18.4 Å². The third kappa shape index (κ3) is 2.26. The van der Waals surface area contributed by atoms with Crippen molar-refractivity contribution in [1.29, 1.82) is 0 Å². The second kappa shape index (κ2) is 5.27. The van der Waals surface area contributed by atoms with Crippen molar-refractivity contribution in [1.82, 2.24) is 20.0 Å². The van der Waals surface area contributed by atoms with Gasteiger partial charge in [0.2, 0.25) is 0 Å². The first kappa shape index (κ1) is 12.7. The first-order chi connectivity index (χ1) is 8.67. The summed E-state index contributed by atoms with van der Waals surface area (Å²) >= 11 is 6.14. The van der Waals surface area contributed by atoms with Gasteiger partial charge in [0, 0.05) is 0 Å². The monoisotopic (exact) mass is 264 g/mol. The Hall–Kier alpha value is -1.75. The predicted molar refractivity (Wildman–Crippen MR) is 68.3 cm³/mol. The van der Waals surface area contributed by atoms with Gasteiger partial charge in [-0.25, -0.2) is 4.68 Å². The molecule has 2 rings (SSSR count). The highest BCUT2D eigenvalue weighted by molar-refractivity contribution is 6.32. The first-order valence-corrected chi connectivity index (χ1v) is 6.08. The molecule has 0 bridgehead atoms. The lowest BCUT2D eigenvalue weighted by Gasteiger charge is -2.00. The lowest BCUT2D eigenvalue weighted by Crippen LogP contribution is -2.02. The van der Waals surface area contributed by atoms with Crippen LogP contribution in [0.2, 0.25) is 5.15 Å². The number of aldehydes is 1. The summed E-state index contributed by atoms with van der Waals surface area (Å²) in [6.07, 6.45) is 2.34. The van der Waals surface area contributed by atoms with Crippen LogP contribution in [0.5, 0.6) is 0 Å². The maximum absolute atomic E-state index is 11.0. The van der Waals surface area contributed by atoms with Crippen molar-refractivity contribution in [2.45, 2.75) is 26.7 Å². The van der Waals surface area contributed by atoms with E-state index in [9.17, 15) is 4.79 Å². The minimum Gasteiger partial charge on any atom is -0.298 e. The second-order valence-corrected chi connectivity index (χ2v) is 4.32. The van der Waals surface area contributed by atoms with Crippen LogP contribution >= 0.6 is 11.6 Å². The topological polar surface area (TPSA) is 60.7 Å². The molecule has 2 aromatic heterocycles. The molecule has 2 heterocycles. The number of hydrogen-bond donors (Lipinski definition) is 0. The molecule has 94 valence electrons. The summed E-state index contributed by atoms with van der Waals surface area (Å²) in [4.78, 5) is 11.0. The number of aromatic nitrogens is 4. The molecule has 0 aliphatic rings. The zero-order valence-corrected chi connectivity index (χ0v) is 11.0. The zero-order chi connectivity index (χ0) is 13.1. The molecule has 0 amide bonds. The zero-order valence-electron chi connectivity index (χ0n) is 10.2. The minimum atomic E-state index is 0.284. The molecule has 0 fully saturated rings. The standard InChI is InChI=1S/C12H13ClN4O/c1-3-4-10-9(7-18)12(13)17(16-10)11-6-5-8(2)14-15-11/h5-7H,3-4H2,1-2H3. The number of carbonyl (C=O) groups excluding carboxylic acids is 1. The van der Waals surface area contributed by atoms with Crippen molar-refractivity contribution in [3.8, 4) is 5.82 Å². The average molecular weight is 265 g/mol. The number of carbonyl (C=O) groups is 1. The van der Waals surface area contributed by atoms with E-state index in [4.69, 9.17) is 11.6 Å². The fourth-order valence-corrected chi connectivity index (χ4v) is 1.92. The highest BCUT2D eigenvalue weighted by Gasteiger charge is 2.16. The summed E-state index contributed by atoms with van der Waals surface area (Å²) < 4.78 is 1.45. The molecular formula is C12H13ClN4O. The molecule has 0 N–H and O–H groups in total. The predicted octanol–water partition coefficient (Wildman–Crippen LogP) is 2.39. The van der Waals surface area contributed by atoms with Gasteiger partial charge in [-0.05, 0) is 25.5 Å². The van der Waals surface area contributed by atoms with Gasteiger partial charge in [-0.3, -0.25) is 4.79 Å². The van der Waals surface area contributed by atoms with Gasteiger partial charge in [0.1, 0.15) is 5.15 Å². The van der Waals surface area contributed by atoms with Crippen LogP contribution in [0, 0.1) is 6.92 Å². The Bertz CT molecular complexity index is 562. The van der Waals surface area contributed by atoms with Gasteiger partial charge in [0.15, 0.2) is 12.1 Å². The molecule has 0 saturated heterocycles. The Labute approximate surface area is 110 Å². The summed E-state index contributed by atoms with van der Waals surface area (Å²) in [5, 5.41) is 12.6. The Balaban J connectivity index is 2.51. The number of nitrogens with zero attached hydrogens (tertiary/aromatic N) is 4. The Kier molecular flexibility index (Phi) is 3.72. The molecule has 0 spiro atoms. The summed E-state index contributed by atoms with van der Waals surface area (Å²) in [7, 11) is 0. The van der Waals surface area contributed by atoms with Gasteiger partial charge in [-0.2, -0.15) is 10.2 Å². The average Bonchev–Trinajstić information content (AvgIpc) is 2.67. The van der Waals surface area contributed by atoms with Gasteiger partial charge in [-0.15, -0.1) is 5.10 Å². The molecular weight excluding hydrogens is 252 g/mol. The lowest BCUT2D eigenvalue weighted by atomic mass is 10.2. The van der Waals surface area contributed by atoms with Gasteiger partial charge < -0.3 is 0 Å². The molecule has 2 aromatic rings. The molecule has 0 aromatic carbocycles. The van der Waals surface area contributed by atoms with E-state index in [0.29, 0.717) is 23.5 Å². The number of hydrogen-bond acceptors (Lipinski definition) is 4. The van der Waals surface area contributed by atoms with Crippen LogP contribution in [-0.4, -0.2) is 26.3 Å². The quantitative estimate of drug-likeness (QED) is 0.796. The van der Waals surface area contributed by atoms with Crippen molar-refractivity contribution in [3.05, 3.63) is 34.2 Å². The SMILES string of the molecule is CCCc1nn(-c2ccc(C)nn2)c(Cl)c1C=O. The van der Waals surface area contributed by atoms with E-state index >= 15 is 0 Å². The van der Waals surface area contributed by atoms with Crippen molar-refractivity contribution < 1.29 is 4.79 Å². The second-order valence-electron chi connectivity index (χ2n) is 3.96. The lowest BCUT2D eigenvalue weighted by molar-refractivity contribution is 0.112. The van der Waals surface area contributed by atoms with Crippen LogP contribution in [0.3, 0.4) is 0 Å². The van der Waals surface area contributed by atoms with E-state index in [1.54, 1.807) is 6.07 Å². The van der Waals surface area contributed by atoms with Crippen LogP contribution in [0.25, 0.3) is 5.82 Å². The number of aryl methyl sites for hydroxylation is 2. The van der Waals surface area contributed by atoms with Crippen LogP contribution in [0.4, 0.5) is 0 Å². The maximum atomic E-state index is 11.0. The summed E-state index contributed by atoms with van der Waals surface area (Å²) in [5.41, 5.74) is 1.94. The van der Waals surface area contributed by atoms with E-state index in [2.05, 4.69) is 15.3 Å².